The summed E-state index contributed by atoms with van der Waals surface area (Å²) >= 11 is 0. The molecule has 0 fully saturated rings. The van der Waals surface area contributed by atoms with Crippen molar-refractivity contribution in [2.45, 2.75) is 12.0 Å². The number of nitrogens with one attached hydrogen (secondary N) is 1. The van der Waals surface area contributed by atoms with E-state index in [2.05, 4.69) is 27.9 Å². The predicted octanol–water partition coefficient (Wildman–Crippen LogP) is 2.11. The van der Waals surface area contributed by atoms with Crippen LogP contribution in [0.15, 0.2) is 48.9 Å². The Labute approximate surface area is 109 Å². The van der Waals surface area contributed by atoms with Gasteiger partial charge in [-0.3, -0.25) is 4.79 Å². The van der Waals surface area contributed by atoms with Crippen molar-refractivity contribution < 1.29 is 19.4 Å². The van der Waals surface area contributed by atoms with Crippen LogP contribution in [0.5, 0.6) is 0 Å². The van der Waals surface area contributed by atoms with Crippen LogP contribution in [0.2, 0.25) is 0 Å². The van der Waals surface area contributed by atoms with E-state index >= 15 is 0 Å². The van der Waals surface area contributed by atoms with E-state index in [4.69, 9.17) is 5.11 Å². The number of para-hydroxylation sites is 1. The zero-order chi connectivity index (χ0) is 13.7. The Bertz CT molecular complexity index is 576. The van der Waals surface area contributed by atoms with Crippen molar-refractivity contribution in [2.24, 2.45) is 0 Å². The Morgan fingerprint density at radius 2 is 2.16 bits per heavy atom. The first kappa shape index (κ1) is 12.9. The number of carbonyl (C=O) groups excluding carboxylic acids is 1. The number of ether oxygens (including phenoxy) is 1. The van der Waals surface area contributed by atoms with Gasteiger partial charge in [0.1, 0.15) is 0 Å². The third kappa shape index (κ3) is 2.65. The third-order valence-corrected chi connectivity index (χ3v) is 2.81. The zero-order valence-corrected chi connectivity index (χ0v) is 10.1. The van der Waals surface area contributed by atoms with E-state index < -0.39 is 11.6 Å². The minimum atomic E-state index is -1.64. The Kier molecular flexibility index (Phi) is 3.66. The van der Waals surface area contributed by atoms with Gasteiger partial charge in [0.05, 0.1) is 6.26 Å². The highest BCUT2D eigenvalue weighted by molar-refractivity contribution is 5.96. The zero-order valence-electron chi connectivity index (χ0n) is 10.1. The number of carboxylic acids is 1. The molecule has 1 atom stereocenters. The number of rotatable bonds is 2. The summed E-state index contributed by atoms with van der Waals surface area (Å²) < 4.78 is 4.60. The van der Waals surface area contributed by atoms with E-state index in [-0.39, 0.29) is 6.42 Å². The number of hydrogen-bond donors (Lipinski definition) is 2. The number of carbonyl (C=O) groups is 2. The molecule has 0 bridgehead atoms. The van der Waals surface area contributed by atoms with Crippen LogP contribution >= 0.6 is 0 Å². The maximum absolute atomic E-state index is 10.4. The molecular weight excluding hydrogens is 246 g/mol. The summed E-state index contributed by atoms with van der Waals surface area (Å²) in [5.41, 5.74) is -0.433. The molecule has 5 heteroatoms. The lowest BCUT2D eigenvalue weighted by molar-refractivity contribution is -0.159. The number of aliphatic carboxylic acids is 1. The highest BCUT2D eigenvalue weighted by Crippen LogP contribution is 2.20. The lowest BCUT2D eigenvalue weighted by Crippen LogP contribution is -2.39. The summed E-state index contributed by atoms with van der Waals surface area (Å²) in [7, 11) is 0. The summed E-state index contributed by atoms with van der Waals surface area (Å²) in [5, 5.41) is 9.74. The fourth-order valence-electron chi connectivity index (χ4n) is 1.70. The van der Waals surface area contributed by atoms with Gasteiger partial charge in [0.25, 0.3) is 5.60 Å². The van der Waals surface area contributed by atoms with E-state index in [1.54, 1.807) is 0 Å². The Hall–Kier alpha value is -2.56. The first-order chi connectivity index (χ1) is 9.18. The minimum Gasteiger partial charge on any atom is -0.478 e. The molecule has 0 radical (unpaired) electrons. The van der Waals surface area contributed by atoms with Gasteiger partial charge in [-0.15, -0.1) is 0 Å². The molecule has 0 saturated heterocycles. The first-order valence-electron chi connectivity index (χ1n) is 5.73. The quantitative estimate of drug-likeness (QED) is 0.639. The fourth-order valence-corrected chi connectivity index (χ4v) is 1.70. The van der Waals surface area contributed by atoms with Gasteiger partial charge in [-0.1, -0.05) is 18.2 Å². The number of carboxylic acid groups (broad SMARTS) is 1. The maximum atomic E-state index is 10.4. The van der Waals surface area contributed by atoms with Crippen LogP contribution in [0.4, 0.5) is 0 Å². The largest absolute Gasteiger partial charge is 0.478 e. The number of hydrogen-bond acceptors (Lipinski definition) is 3. The molecule has 98 valence electrons. The second-order valence-corrected chi connectivity index (χ2v) is 4.07. The van der Waals surface area contributed by atoms with Crippen LogP contribution < -0.4 is 0 Å². The predicted molar refractivity (Wildman–Crippen MR) is 69.6 cm³/mol. The molecule has 2 heterocycles. The van der Waals surface area contributed by atoms with E-state index in [0.29, 0.717) is 6.29 Å². The number of benzene rings is 1. The second-order valence-electron chi connectivity index (χ2n) is 4.07. The van der Waals surface area contributed by atoms with E-state index in [0.717, 1.165) is 0 Å². The SMILES string of the molecule is O=CC1(C(=O)O)CC=CO1.c1ccc2[nH]ccc2c1. The Morgan fingerprint density at radius 3 is 2.68 bits per heavy atom. The van der Waals surface area contributed by atoms with Crippen LogP contribution in [0, 0.1) is 0 Å². The van der Waals surface area contributed by atoms with Gasteiger partial charge in [0.2, 0.25) is 0 Å². The molecule has 1 aliphatic heterocycles. The molecule has 2 N–H and O–H groups in total. The van der Waals surface area contributed by atoms with Crippen LogP contribution in [-0.4, -0.2) is 27.9 Å². The summed E-state index contributed by atoms with van der Waals surface area (Å²) in [6, 6.07) is 10.3. The second kappa shape index (κ2) is 5.39. The molecule has 0 aliphatic carbocycles. The number of aromatic nitrogens is 1. The van der Waals surface area contributed by atoms with Gasteiger partial charge in [-0.25, -0.2) is 4.79 Å². The van der Waals surface area contributed by atoms with Crippen molar-refractivity contribution >= 4 is 23.2 Å². The number of fused-ring (bicyclic) bond motifs is 1. The Morgan fingerprint density at radius 1 is 1.37 bits per heavy atom. The van der Waals surface area contributed by atoms with Gasteiger partial charge in [-0.05, 0) is 23.6 Å². The van der Waals surface area contributed by atoms with Gasteiger partial charge in [-0.2, -0.15) is 0 Å². The molecule has 2 aromatic rings. The lowest BCUT2D eigenvalue weighted by Gasteiger charge is -2.14. The van der Waals surface area contributed by atoms with Crippen molar-refractivity contribution in [1.29, 1.82) is 0 Å². The topological polar surface area (TPSA) is 79.4 Å². The number of aldehydes is 1. The van der Waals surface area contributed by atoms with Crippen molar-refractivity contribution in [3.05, 3.63) is 48.9 Å². The van der Waals surface area contributed by atoms with Crippen LogP contribution in [-0.2, 0) is 14.3 Å². The number of H-pyrrole nitrogens is 1. The molecule has 1 unspecified atom stereocenters. The van der Waals surface area contributed by atoms with Crippen molar-refractivity contribution in [3.63, 3.8) is 0 Å². The first-order valence-corrected chi connectivity index (χ1v) is 5.73. The molecule has 3 rings (SSSR count). The highest BCUT2D eigenvalue weighted by atomic mass is 16.5. The number of aromatic amines is 1. The van der Waals surface area contributed by atoms with E-state index in [1.165, 1.54) is 23.2 Å². The fraction of sp³-hybridized carbons (Fsp3) is 0.143. The minimum absolute atomic E-state index is 0.117. The van der Waals surface area contributed by atoms with Crippen LogP contribution in [0.3, 0.4) is 0 Å². The summed E-state index contributed by atoms with van der Waals surface area (Å²) in [4.78, 5) is 23.7. The maximum Gasteiger partial charge on any atom is 0.355 e. The van der Waals surface area contributed by atoms with Gasteiger partial charge < -0.3 is 14.8 Å². The average molecular weight is 259 g/mol. The van der Waals surface area contributed by atoms with Gasteiger partial charge >= 0.3 is 5.97 Å². The van der Waals surface area contributed by atoms with Crippen LogP contribution in [0.25, 0.3) is 10.9 Å². The molecule has 0 spiro atoms. The Balaban J connectivity index is 0.000000141. The summed E-state index contributed by atoms with van der Waals surface area (Å²) in [5.74, 6) is -1.24. The van der Waals surface area contributed by atoms with E-state index in [1.807, 2.05) is 18.3 Å². The van der Waals surface area contributed by atoms with Gasteiger partial charge in [0, 0.05) is 18.1 Å². The van der Waals surface area contributed by atoms with Crippen molar-refractivity contribution in [3.8, 4) is 0 Å². The molecule has 0 saturated carbocycles. The lowest BCUT2D eigenvalue weighted by atomic mass is 10.0. The molecular formula is C14H13NO4. The molecule has 0 amide bonds. The molecule has 1 aromatic heterocycles. The van der Waals surface area contributed by atoms with Crippen molar-refractivity contribution in [2.75, 3.05) is 0 Å². The standard InChI is InChI=1S/C8H7N.C6H6O4/c1-2-4-8-7(3-1)5-6-9-8;7-4-6(5(8)9)2-1-3-10-6/h1-6,9H;1,3-4H,2H2,(H,8,9). The summed E-state index contributed by atoms with van der Waals surface area (Å²) in [6.45, 7) is 0. The third-order valence-electron chi connectivity index (χ3n) is 2.81. The molecule has 19 heavy (non-hydrogen) atoms. The van der Waals surface area contributed by atoms with Gasteiger partial charge in [0.15, 0.2) is 6.29 Å². The molecule has 1 aliphatic rings. The highest BCUT2D eigenvalue weighted by Gasteiger charge is 2.41. The molecule has 5 nitrogen and oxygen atoms in total. The average Bonchev–Trinajstić information content (AvgIpc) is 3.09. The normalized spacial score (nSPS) is 20.4. The molecule has 1 aromatic carbocycles. The monoisotopic (exact) mass is 259 g/mol. The van der Waals surface area contributed by atoms with Crippen LogP contribution in [0.1, 0.15) is 6.42 Å². The van der Waals surface area contributed by atoms with Crippen molar-refractivity contribution in [1.82, 2.24) is 4.98 Å². The summed E-state index contributed by atoms with van der Waals surface area (Å²) in [6.07, 6.45) is 5.09. The van der Waals surface area contributed by atoms with E-state index in [9.17, 15) is 9.59 Å². The smallest absolute Gasteiger partial charge is 0.355 e.